The number of aryl methyl sites for hydroxylation is 3. The van der Waals surface area contributed by atoms with Gasteiger partial charge in [-0.15, -0.1) is 0 Å². The van der Waals surface area contributed by atoms with Crippen molar-refractivity contribution in [2.75, 3.05) is 5.73 Å². The average molecular weight is 727 g/mol. The summed E-state index contributed by atoms with van der Waals surface area (Å²) in [4.78, 5) is 0. The molecule has 3 aliphatic rings. The lowest BCUT2D eigenvalue weighted by Crippen LogP contribution is -2.14. The number of hydrogen-bond donors (Lipinski definition) is 2. The zero-order valence-electron chi connectivity index (χ0n) is 28.2. The summed E-state index contributed by atoms with van der Waals surface area (Å²) in [5, 5.41) is 17.0. The Kier molecular flexibility index (Phi) is 15.3. The fraction of sp³-hybridized carbons (Fsp3) is 0.727. The van der Waals surface area contributed by atoms with E-state index in [2.05, 4.69) is 15.3 Å². The number of rotatable bonds is 11. The van der Waals surface area contributed by atoms with Crippen LogP contribution in [-0.2, 0) is 38.7 Å². The molecule has 3 aromatic heterocycles. The molecule has 0 aromatic carbocycles. The van der Waals surface area contributed by atoms with E-state index in [9.17, 15) is 16.8 Å². The fourth-order valence-electron chi connectivity index (χ4n) is 7.09. The molecule has 3 fully saturated rings. The zero-order valence-corrected chi connectivity index (χ0v) is 30.6. The van der Waals surface area contributed by atoms with E-state index in [1.807, 2.05) is 16.9 Å². The van der Waals surface area contributed by atoms with Gasteiger partial charge in [-0.2, -0.15) is 15.3 Å². The first-order valence-electron chi connectivity index (χ1n) is 17.8. The lowest BCUT2D eigenvalue weighted by molar-refractivity contribution is 0.318. The molecule has 0 radical (unpaired) electrons. The van der Waals surface area contributed by atoms with Crippen LogP contribution in [-0.4, -0.2) is 46.2 Å². The minimum Gasteiger partial charge on any atom is -0.382 e. The molecule has 3 aliphatic carbocycles. The molecule has 15 heteroatoms. The molecule has 0 saturated heterocycles. The van der Waals surface area contributed by atoms with Gasteiger partial charge in [0, 0.05) is 48.9 Å². The molecule has 270 valence electrons. The second kappa shape index (κ2) is 19.1. The average Bonchev–Trinajstić information content (AvgIpc) is 3.85. The van der Waals surface area contributed by atoms with Crippen molar-refractivity contribution in [1.29, 1.82) is 0 Å². The van der Waals surface area contributed by atoms with Crippen LogP contribution in [0.2, 0.25) is 0 Å². The normalized spacial score (nSPS) is 18.5. The van der Waals surface area contributed by atoms with Gasteiger partial charge < -0.3 is 5.73 Å². The zero-order chi connectivity index (χ0) is 34.4. The Morgan fingerprint density at radius 1 is 0.583 bits per heavy atom. The van der Waals surface area contributed by atoms with E-state index < -0.39 is 19.1 Å². The van der Waals surface area contributed by atoms with Crippen LogP contribution in [0.3, 0.4) is 0 Å². The largest absolute Gasteiger partial charge is 0.382 e. The van der Waals surface area contributed by atoms with Gasteiger partial charge in [0.25, 0.3) is 19.1 Å². The van der Waals surface area contributed by atoms with E-state index in [-0.39, 0.29) is 10.1 Å². The third-order valence-corrected chi connectivity index (χ3v) is 11.9. The summed E-state index contributed by atoms with van der Waals surface area (Å²) in [5.41, 5.74) is 5.56. The van der Waals surface area contributed by atoms with Gasteiger partial charge in [-0.25, -0.2) is 22.0 Å². The molecular weight excluding hydrogens is 672 g/mol. The Bertz CT molecular complexity index is 1480. The van der Waals surface area contributed by atoms with Crippen LogP contribution in [0.25, 0.3) is 0 Å². The van der Waals surface area contributed by atoms with Crippen LogP contribution in [0.5, 0.6) is 0 Å². The first-order chi connectivity index (χ1) is 23.0. The second-order valence-corrected chi connectivity index (χ2v) is 17.7. The molecule has 12 nitrogen and oxygen atoms in total. The third kappa shape index (κ3) is 13.8. The van der Waals surface area contributed by atoms with Gasteiger partial charge in [0.05, 0.1) is 0 Å². The SMILES string of the molecule is NS(=O)(=O)c1ccn(CCC2CCCCC2)n1.Nc1ccn(CCC2CCCCC2)n1.O=S(=O)(Cl)c1ccn(CCC2CCCCC2)n1. The molecule has 0 aliphatic heterocycles. The maximum Gasteiger partial charge on any atom is 0.280 e. The summed E-state index contributed by atoms with van der Waals surface area (Å²) in [5.74, 6) is 3.10. The van der Waals surface area contributed by atoms with Gasteiger partial charge in [0.2, 0.25) is 0 Å². The molecule has 6 rings (SSSR count). The molecule has 4 N–H and O–H groups in total. The highest BCUT2D eigenvalue weighted by atomic mass is 35.7. The summed E-state index contributed by atoms with van der Waals surface area (Å²) in [6.07, 6.45) is 29.0. The third-order valence-electron chi connectivity index (χ3n) is 9.91. The van der Waals surface area contributed by atoms with E-state index in [1.54, 1.807) is 21.8 Å². The van der Waals surface area contributed by atoms with Crippen LogP contribution >= 0.6 is 10.7 Å². The van der Waals surface area contributed by atoms with Crippen molar-refractivity contribution >= 4 is 35.6 Å². The van der Waals surface area contributed by atoms with Gasteiger partial charge in [0.1, 0.15) is 5.82 Å². The van der Waals surface area contributed by atoms with E-state index in [0.717, 1.165) is 50.2 Å². The van der Waals surface area contributed by atoms with Crippen molar-refractivity contribution in [2.24, 2.45) is 22.9 Å². The van der Waals surface area contributed by atoms with Crippen LogP contribution in [0, 0.1) is 17.8 Å². The summed E-state index contributed by atoms with van der Waals surface area (Å²) in [7, 11) is -2.12. The van der Waals surface area contributed by atoms with Crippen molar-refractivity contribution in [3.8, 4) is 0 Å². The predicted octanol–water partition coefficient (Wildman–Crippen LogP) is 6.72. The molecule has 0 spiro atoms. The molecular formula is C33H55ClN8O4S2. The fourth-order valence-corrected chi connectivity index (χ4v) is 8.23. The number of nitrogen functional groups attached to an aromatic ring is 1. The van der Waals surface area contributed by atoms with Crippen molar-refractivity contribution in [1.82, 2.24) is 29.3 Å². The predicted molar refractivity (Wildman–Crippen MR) is 189 cm³/mol. The van der Waals surface area contributed by atoms with Crippen LogP contribution in [0.1, 0.15) is 116 Å². The Labute approximate surface area is 291 Å². The molecule has 3 aromatic rings. The number of nitrogens with zero attached hydrogens (tertiary/aromatic N) is 6. The number of aromatic nitrogens is 6. The second-order valence-electron chi connectivity index (χ2n) is 13.7. The monoisotopic (exact) mass is 726 g/mol. The maximum atomic E-state index is 11.1. The summed E-state index contributed by atoms with van der Waals surface area (Å²) < 4.78 is 49.5. The standard InChI is InChI=1S/C11H17ClN2O2S.C11H19N3O2S.C11H19N3/c2*12-17(15,16)11-7-9-14(13-11)8-6-10-4-2-1-3-5-10;12-11-7-9-14(13-11)8-6-10-4-2-1-3-5-10/h7,9-10H,1-6,8H2;7,9-10H,1-6,8H2,(H2,12,15,16);7,9-10H,1-6,8H2,(H2,12,13). The molecule has 3 saturated carbocycles. The quantitative estimate of drug-likeness (QED) is 0.205. The lowest BCUT2D eigenvalue weighted by atomic mass is 9.87. The molecule has 48 heavy (non-hydrogen) atoms. The minimum atomic E-state index is -3.68. The number of anilines is 1. The van der Waals surface area contributed by atoms with Gasteiger partial charge in [-0.3, -0.25) is 14.0 Å². The number of sulfonamides is 1. The van der Waals surface area contributed by atoms with Crippen molar-refractivity contribution in [3.63, 3.8) is 0 Å². The molecule has 0 bridgehead atoms. The van der Waals surface area contributed by atoms with Gasteiger partial charge >= 0.3 is 0 Å². The topological polar surface area (TPSA) is 174 Å². The van der Waals surface area contributed by atoms with Crippen LogP contribution in [0.15, 0.2) is 46.8 Å². The first-order valence-corrected chi connectivity index (χ1v) is 21.6. The van der Waals surface area contributed by atoms with Gasteiger partial charge in [0.15, 0.2) is 10.1 Å². The summed E-state index contributed by atoms with van der Waals surface area (Å²) in [6.45, 7) is 2.58. The minimum absolute atomic E-state index is 0.0406. The van der Waals surface area contributed by atoms with Crippen LogP contribution in [0.4, 0.5) is 5.82 Å². The Morgan fingerprint density at radius 2 is 0.938 bits per heavy atom. The van der Waals surface area contributed by atoms with E-state index >= 15 is 0 Å². The van der Waals surface area contributed by atoms with Gasteiger partial charge in [-0.05, 0) is 55.2 Å². The summed E-state index contributed by atoms with van der Waals surface area (Å²) >= 11 is 0. The number of hydrogen-bond acceptors (Lipinski definition) is 8. The Morgan fingerprint density at radius 3 is 1.25 bits per heavy atom. The molecule has 3 heterocycles. The summed E-state index contributed by atoms with van der Waals surface area (Å²) in [6, 6.07) is 4.76. The highest BCUT2D eigenvalue weighted by Gasteiger charge is 2.17. The van der Waals surface area contributed by atoms with Crippen molar-refractivity contribution < 1.29 is 16.8 Å². The van der Waals surface area contributed by atoms with Crippen molar-refractivity contribution in [2.45, 2.75) is 145 Å². The van der Waals surface area contributed by atoms with Gasteiger partial charge in [-0.1, -0.05) is 96.3 Å². The molecule has 0 unspecified atom stereocenters. The lowest BCUT2D eigenvalue weighted by Gasteiger charge is -2.21. The number of primary sulfonamides is 1. The highest BCUT2D eigenvalue weighted by molar-refractivity contribution is 8.13. The molecule has 0 amide bonds. The van der Waals surface area contributed by atoms with Crippen LogP contribution < -0.4 is 10.9 Å². The van der Waals surface area contributed by atoms with E-state index in [4.69, 9.17) is 21.6 Å². The first kappa shape index (κ1) is 38.4. The Balaban J connectivity index is 0.000000163. The smallest absolute Gasteiger partial charge is 0.280 e. The number of nitrogens with two attached hydrogens (primary N) is 2. The Hall–Kier alpha value is -2.42. The van der Waals surface area contributed by atoms with E-state index in [1.165, 1.54) is 115 Å². The number of halogens is 1. The maximum absolute atomic E-state index is 11.1. The van der Waals surface area contributed by atoms with E-state index in [0.29, 0.717) is 5.82 Å². The van der Waals surface area contributed by atoms with Crippen molar-refractivity contribution in [3.05, 3.63) is 36.8 Å². The molecule has 0 atom stereocenters. The highest BCUT2D eigenvalue weighted by Crippen LogP contribution is 2.28.